The molecule has 0 spiro atoms. The van der Waals surface area contributed by atoms with Gasteiger partial charge in [0.05, 0.1) is 19.8 Å². The van der Waals surface area contributed by atoms with Crippen LogP contribution in [0.5, 0.6) is 0 Å². The summed E-state index contributed by atoms with van der Waals surface area (Å²) in [5.41, 5.74) is 6.08. The highest BCUT2D eigenvalue weighted by Gasteiger charge is 2.30. The van der Waals surface area contributed by atoms with Gasteiger partial charge in [0.15, 0.2) is 5.96 Å². The molecule has 0 aromatic carbocycles. The molecule has 112 valence electrons. The molecule has 19 heavy (non-hydrogen) atoms. The van der Waals surface area contributed by atoms with Crippen molar-refractivity contribution in [1.82, 2.24) is 9.80 Å². The second-order valence-corrected chi connectivity index (χ2v) is 5.93. The van der Waals surface area contributed by atoms with Gasteiger partial charge in [-0.1, -0.05) is 0 Å². The van der Waals surface area contributed by atoms with Crippen LogP contribution in [-0.4, -0.2) is 67.2 Å². The van der Waals surface area contributed by atoms with Gasteiger partial charge in [-0.15, -0.1) is 24.0 Å². The van der Waals surface area contributed by atoms with E-state index in [0.29, 0.717) is 12.0 Å². The number of morpholine rings is 1. The van der Waals surface area contributed by atoms with Crippen molar-refractivity contribution in [3.8, 4) is 0 Å². The van der Waals surface area contributed by atoms with Gasteiger partial charge in [0, 0.05) is 31.7 Å². The van der Waals surface area contributed by atoms with Crippen LogP contribution in [0.15, 0.2) is 4.99 Å². The molecule has 1 heterocycles. The van der Waals surface area contributed by atoms with E-state index >= 15 is 0 Å². The zero-order valence-electron chi connectivity index (χ0n) is 12.3. The van der Waals surface area contributed by atoms with Crippen LogP contribution in [0.1, 0.15) is 26.7 Å². The highest BCUT2D eigenvalue weighted by atomic mass is 127. The van der Waals surface area contributed by atoms with E-state index in [1.165, 1.54) is 12.8 Å². The van der Waals surface area contributed by atoms with Crippen LogP contribution in [0.2, 0.25) is 0 Å². The maximum Gasteiger partial charge on any atom is 0.191 e. The SMILES string of the molecule is CN(C(N)=NCC(C)(C)N1CCOCC1)C1CC1.I. The van der Waals surface area contributed by atoms with Crippen LogP contribution in [0.3, 0.4) is 0 Å². The van der Waals surface area contributed by atoms with E-state index in [9.17, 15) is 0 Å². The van der Waals surface area contributed by atoms with Crippen LogP contribution < -0.4 is 5.73 Å². The molecule has 2 aliphatic rings. The number of nitrogens with zero attached hydrogens (tertiary/aromatic N) is 3. The molecule has 2 rings (SSSR count). The number of hydrogen-bond acceptors (Lipinski definition) is 3. The van der Waals surface area contributed by atoms with Crippen LogP contribution in [-0.2, 0) is 4.74 Å². The molecule has 0 aromatic heterocycles. The van der Waals surface area contributed by atoms with E-state index in [1.807, 2.05) is 7.05 Å². The Morgan fingerprint density at radius 3 is 2.47 bits per heavy atom. The average molecular weight is 382 g/mol. The smallest absolute Gasteiger partial charge is 0.191 e. The standard InChI is InChI=1S/C13H26N4O.HI/c1-13(2,17-6-8-18-9-7-17)10-15-12(14)16(3)11-4-5-11;/h11H,4-10H2,1-3H3,(H2,14,15);1H. The molecule has 0 radical (unpaired) electrons. The normalized spacial score (nSPS) is 21.9. The summed E-state index contributed by atoms with van der Waals surface area (Å²) in [5.74, 6) is 0.679. The van der Waals surface area contributed by atoms with Crippen LogP contribution in [0.4, 0.5) is 0 Å². The molecular weight excluding hydrogens is 355 g/mol. The Morgan fingerprint density at radius 1 is 1.37 bits per heavy atom. The van der Waals surface area contributed by atoms with Crippen LogP contribution >= 0.6 is 24.0 Å². The van der Waals surface area contributed by atoms with Crippen molar-refractivity contribution in [2.45, 2.75) is 38.3 Å². The number of rotatable bonds is 4. The van der Waals surface area contributed by atoms with Crippen LogP contribution in [0.25, 0.3) is 0 Å². The van der Waals surface area contributed by atoms with Gasteiger partial charge in [0.25, 0.3) is 0 Å². The van der Waals surface area contributed by atoms with Gasteiger partial charge in [-0.25, -0.2) is 0 Å². The van der Waals surface area contributed by atoms with Gasteiger partial charge in [-0.05, 0) is 26.7 Å². The number of hydrogen-bond donors (Lipinski definition) is 1. The monoisotopic (exact) mass is 382 g/mol. The van der Waals surface area contributed by atoms with Crippen molar-refractivity contribution in [2.75, 3.05) is 39.9 Å². The maximum atomic E-state index is 6.03. The lowest BCUT2D eigenvalue weighted by atomic mass is 10.0. The first kappa shape index (κ1) is 17.0. The fourth-order valence-electron chi connectivity index (χ4n) is 2.30. The minimum atomic E-state index is 0. The van der Waals surface area contributed by atoms with E-state index < -0.39 is 0 Å². The number of aliphatic imine (C=N–C) groups is 1. The number of guanidine groups is 1. The first-order chi connectivity index (χ1) is 8.50. The van der Waals surface area contributed by atoms with Gasteiger partial charge < -0.3 is 15.4 Å². The third kappa shape index (κ3) is 4.75. The van der Waals surface area contributed by atoms with E-state index in [-0.39, 0.29) is 29.5 Å². The third-order valence-electron chi connectivity index (χ3n) is 3.95. The summed E-state index contributed by atoms with van der Waals surface area (Å²) in [7, 11) is 2.04. The Kier molecular flexibility index (Phi) is 6.32. The van der Waals surface area contributed by atoms with Crippen molar-refractivity contribution >= 4 is 29.9 Å². The summed E-state index contributed by atoms with van der Waals surface area (Å²) in [4.78, 5) is 9.11. The lowest BCUT2D eigenvalue weighted by Gasteiger charge is -2.40. The number of ether oxygens (including phenoxy) is 1. The maximum absolute atomic E-state index is 6.03. The van der Waals surface area contributed by atoms with Gasteiger partial charge in [0.1, 0.15) is 0 Å². The molecule has 2 fully saturated rings. The van der Waals surface area contributed by atoms with Gasteiger partial charge in [-0.3, -0.25) is 9.89 Å². The highest BCUT2D eigenvalue weighted by molar-refractivity contribution is 14.0. The first-order valence-corrected chi connectivity index (χ1v) is 6.86. The topological polar surface area (TPSA) is 54.1 Å². The molecule has 0 atom stereocenters. The van der Waals surface area contributed by atoms with Crippen molar-refractivity contribution in [3.05, 3.63) is 0 Å². The van der Waals surface area contributed by atoms with Crippen molar-refractivity contribution in [2.24, 2.45) is 10.7 Å². The van der Waals surface area contributed by atoms with Crippen molar-refractivity contribution in [3.63, 3.8) is 0 Å². The van der Waals surface area contributed by atoms with E-state index in [0.717, 1.165) is 32.8 Å². The van der Waals surface area contributed by atoms with Crippen molar-refractivity contribution < 1.29 is 4.74 Å². The first-order valence-electron chi connectivity index (χ1n) is 6.86. The molecule has 0 unspecified atom stereocenters. The van der Waals surface area contributed by atoms with Gasteiger partial charge in [0.2, 0.25) is 0 Å². The molecule has 0 aromatic rings. The summed E-state index contributed by atoms with van der Waals surface area (Å²) in [6, 6.07) is 0.625. The minimum absolute atomic E-state index is 0. The summed E-state index contributed by atoms with van der Waals surface area (Å²) >= 11 is 0. The van der Waals surface area contributed by atoms with E-state index in [4.69, 9.17) is 10.5 Å². The summed E-state index contributed by atoms with van der Waals surface area (Å²) < 4.78 is 5.39. The van der Waals surface area contributed by atoms with E-state index in [2.05, 4.69) is 28.6 Å². The lowest BCUT2D eigenvalue weighted by molar-refractivity contribution is -0.00687. The quantitative estimate of drug-likeness (QED) is 0.450. The molecule has 5 nitrogen and oxygen atoms in total. The Balaban J connectivity index is 0.00000180. The van der Waals surface area contributed by atoms with Crippen molar-refractivity contribution in [1.29, 1.82) is 0 Å². The fourth-order valence-corrected chi connectivity index (χ4v) is 2.30. The average Bonchev–Trinajstić information content (AvgIpc) is 3.20. The molecular formula is C13H27IN4O. The molecule has 6 heteroatoms. The Bertz CT molecular complexity index is 312. The second kappa shape index (κ2) is 7.08. The number of nitrogens with two attached hydrogens (primary N) is 1. The zero-order chi connectivity index (χ0) is 13.2. The van der Waals surface area contributed by atoms with E-state index in [1.54, 1.807) is 0 Å². The second-order valence-electron chi connectivity index (χ2n) is 5.93. The molecule has 0 bridgehead atoms. The molecule has 1 saturated heterocycles. The Hall–Kier alpha value is -0.0800. The third-order valence-corrected chi connectivity index (χ3v) is 3.95. The zero-order valence-corrected chi connectivity index (χ0v) is 14.6. The summed E-state index contributed by atoms with van der Waals surface area (Å²) in [5, 5.41) is 0. The highest BCUT2D eigenvalue weighted by Crippen LogP contribution is 2.25. The molecule has 1 aliphatic heterocycles. The van der Waals surface area contributed by atoms with Gasteiger partial charge in [-0.2, -0.15) is 0 Å². The fraction of sp³-hybridized carbons (Fsp3) is 0.923. The summed E-state index contributed by atoms with van der Waals surface area (Å²) in [6.45, 7) is 8.82. The molecule has 1 aliphatic carbocycles. The molecule has 1 saturated carbocycles. The Morgan fingerprint density at radius 2 is 1.95 bits per heavy atom. The number of halogens is 1. The van der Waals surface area contributed by atoms with Gasteiger partial charge >= 0.3 is 0 Å². The molecule has 0 amide bonds. The Labute approximate surface area is 133 Å². The largest absolute Gasteiger partial charge is 0.379 e. The molecule has 2 N–H and O–H groups in total. The van der Waals surface area contributed by atoms with Crippen LogP contribution in [0, 0.1) is 0 Å². The predicted molar refractivity (Wildman–Crippen MR) is 89.2 cm³/mol. The summed E-state index contributed by atoms with van der Waals surface area (Å²) in [6.07, 6.45) is 2.50. The lowest BCUT2D eigenvalue weighted by Crippen LogP contribution is -2.52. The predicted octanol–water partition coefficient (Wildman–Crippen LogP) is 1.12. The minimum Gasteiger partial charge on any atom is -0.379 e.